The molecule has 0 aliphatic rings. The topological polar surface area (TPSA) is 96.5 Å². The average molecular weight is 638 g/mol. The van der Waals surface area contributed by atoms with Crippen molar-refractivity contribution < 1.29 is 49.9 Å². The van der Waals surface area contributed by atoms with Crippen LogP contribution in [0.25, 0.3) is 0 Å². The molecule has 0 bridgehead atoms. The van der Waals surface area contributed by atoms with Crippen molar-refractivity contribution in [2.45, 2.75) is 31.7 Å². The number of nitrogens with one attached hydrogen (secondary N) is 3. The van der Waals surface area contributed by atoms with Crippen molar-refractivity contribution in [3.05, 3.63) is 88.0 Å². The van der Waals surface area contributed by atoms with Crippen LogP contribution in [0.4, 0.5) is 42.1 Å². The number of carbonyl (C=O) groups excluding carboxylic acids is 3. The molecule has 2 aromatic rings. The number of aldehydes is 2. The van der Waals surface area contributed by atoms with Gasteiger partial charge in [0, 0.05) is 59.9 Å². The van der Waals surface area contributed by atoms with Gasteiger partial charge in [-0.05, 0) is 43.5 Å². The van der Waals surface area contributed by atoms with E-state index in [0.717, 1.165) is 18.2 Å². The smallest absolute Gasteiger partial charge is 0.416 e. The first-order chi connectivity index (χ1) is 20.0. The van der Waals surface area contributed by atoms with Gasteiger partial charge in [0.1, 0.15) is 17.9 Å². The number of alkyl halides is 5. The molecule has 0 saturated heterocycles. The SMILES string of the molecule is C=C/C(F)=C\C=C(\Cl)CC(NC)c1c(NC)cc(OC(C)(F)F)c(NC=O)c1C=O.O=Cc1cc(F)cc(C(F)(F)F)c1. The van der Waals surface area contributed by atoms with Gasteiger partial charge < -0.3 is 20.7 Å². The van der Waals surface area contributed by atoms with Crippen molar-refractivity contribution in [3.8, 4) is 5.75 Å². The molecule has 43 heavy (non-hydrogen) atoms. The number of hydrogen-bond donors (Lipinski definition) is 3. The molecule has 15 heteroatoms. The molecule has 2 aromatic carbocycles. The second kappa shape index (κ2) is 16.5. The minimum absolute atomic E-state index is 0.0789. The zero-order valence-corrected chi connectivity index (χ0v) is 23.7. The fourth-order valence-corrected chi connectivity index (χ4v) is 3.79. The van der Waals surface area contributed by atoms with Crippen molar-refractivity contribution in [1.29, 1.82) is 0 Å². The number of halogens is 8. The molecule has 2 rings (SSSR count). The molecular weight excluding hydrogens is 611 g/mol. The van der Waals surface area contributed by atoms with Crippen molar-refractivity contribution in [3.63, 3.8) is 0 Å². The van der Waals surface area contributed by atoms with Crippen molar-refractivity contribution in [1.82, 2.24) is 5.32 Å². The van der Waals surface area contributed by atoms with E-state index in [0.29, 0.717) is 36.6 Å². The van der Waals surface area contributed by atoms with E-state index < -0.39 is 41.3 Å². The van der Waals surface area contributed by atoms with Gasteiger partial charge in [-0.1, -0.05) is 18.2 Å². The summed E-state index contributed by atoms with van der Waals surface area (Å²) in [7, 11) is 3.13. The van der Waals surface area contributed by atoms with E-state index in [9.17, 15) is 45.1 Å². The van der Waals surface area contributed by atoms with Crippen LogP contribution in [0.15, 0.2) is 59.9 Å². The van der Waals surface area contributed by atoms with Crippen LogP contribution in [0.1, 0.15) is 51.2 Å². The zero-order valence-electron chi connectivity index (χ0n) is 22.9. The number of amides is 1. The molecule has 0 aromatic heterocycles. The van der Waals surface area contributed by atoms with Gasteiger partial charge in [-0.2, -0.15) is 22.0 Å². The third-order valence-corrected chi connectivity index (χ3v) is 5.63. The molecule has 7 nitrogen and oxygen atoms in total. The second-order valence-electron chi connectivity index (χ2n) is 8.47. The Bertz CT molecular complexity index is 1370. The Balaban J connectivity index is 0.000000589. The molecule has 0 aliphatic heterocycles. The van der Waals surface area contributed by atoms with Crippen molar-refractivity contribution >= 4 is 42.0 Å². The van der Waals surface area contributed by atoms with Crippen LogP contribution in [0.2, 0.25) is 0 Å². The molecular formula is C28H27ClF7N3O4. The molecule has 0 aliphatic carbocycles. The number of benzene rings is 2. The van der Waals surface area contributed by atoms with E-state index in [-0.39, 0.29) is 41.0 Å². The fraction of sp³-hybridized carbons (Fsp3) is 0.250. The normalized spacial score (nSPS) is 12.8. The van der Waals surface area contributed by atoms with Crippen LogP contribution < -0.4 is 20.7 Å². The van der Waals surface area contributed by atoms with Gasteiger partial charge in [-0.15, -0.1) is 0 Å². The maximum atomic E-state index is 13.4. The zero-order chi connectivity index (χ0) is 33.0. The molecule has 0 heterocycles. The number of ether oxygens (including phenoxy) is 1. The number of rotatable bonds is 13. The summed E-state index contributed by atoms with van der Waals surface area (Å²) < 4.78 is 93.3. The maximum Gasteiger partial charge on any atom is 0.416 e. The monoisotopic (exact) mass is 637 g/mol. The van der Waals surface area contributed by atoms with Gasteiger partial charge in [0.15, 0.2) is 12.0 Å². The number of anilines is 2. The van der Waals surface area contributed by atoms with Gasteiger partial charge in [-0.3, -0.25) is 14.4 Å². The third-order valence-electron chi connectivity index (χ3n) is 5.35. The van der Waals surface area contributed by atoms with Gasteiger partial charge in [0.2, 0.25) is 6.41 Å². The Kier molecular flexibility index (Phi) is 14.1. The van der Waals surface area contributed by atoms with Crippen LogP contribution in [0.5, 0.6) is 5.75 Å². The van der Waals surface area contributed by atoms with Gasteiger partial charge in [0.25, 0.3) is 0 Å². The Hall–Kier alpha value is -4.17. The highest BCUT2D eigenvalue weighted by Crippen LogP contribution is 2.42. The Morgan fingerprint density at radius 1 is 1.05 bits per heavy atom. The van der Waals surface area contributed by atoms with E-state index in [1.807, 2.05) is 0 Å². The lowest BCUT2D eigenvalue weighted by molar-refractivity contribution is -0.158. The third kappa shape index (κ3) is 11.6. The van der Waals surface area contributed by atoms with Gasteiger partial charge in [0.05, 0.1) is 11.3 Å². The number of carbonyl (C=O) groups is 3. The Morgan fingerprint density at radius 3 is 2.16 bits per heavy atom. The summed E-state index contributed by atoms with van der Waals surface area (Å²) in [6.45, 7) is 3.82. The number of hydrogen-bond acceptors (Lipinski definition) is 6. The summed E-state index contributed by atoms with van der Waals surface area (Å²) in [6, 6.07) is 2.32. The lowest BCUT2D eigenvalue weighted by Gasteiger charge is -2.26. The van der Waals surface area contributed by atoms with Crippen LogP contribution >= 0.6 is 11.6 Å². The van der Waals surface area contributed by atoms with Crippen molar-refractivity contribution in [2.75, 3.05) is 24.7 Å². The molecule has 1 unspecified atom stereocenters. The number of allylic oxidation sites excluding steroid dienone is 4. The predicted molar refractivity (Wildman–Crippen MR) is 149 cm³/mol. The largest absolute Gasteiger partial charge is 0.430 e. The van der Waals surface area contributed by atoms with Crippen LogP contribution in [0, 0.1) is 5.82 Å². The van der Waals surface area contributed by atoms with E-state index in [4.69, 9.17) is 11.6 Å². The Labute approximate surface area is 247 Å². The first kappa shape index (κ1) is 36.9. The molecule has 0 fully saturated rings. The summed E-state index contributed by atoms with van der Waals surface area (Å²) in [5.41, 5.74) is -1.13. The first-order valence-corrected chi connectivity index (χ1v) is 12.4. The fourth-order valence-electron chi connectivity index (χ4n) is 3.57. The van der Waals surface area contributed by atoms with E-state index in [1.165, 1.54) is 19.2 Å². The van der Waals surface area contributed by atoms with E-state index >= 15 is 0 Å². The summed E-state index contributed by atoms with van der Waals surface area (Å²) in [6.07, 6.45) is -3.75. The van der Waals surface area contributed by atoms with Gasteiger partial charge in [-0.25, -0.2) is 8.78 Å². The molecule has 3 N–H and O–H groups in total. The van der Waals surface area contributed by atoms with Crippen LogP contribution in [-0.4, -0.2) is 39.2 Å². The summed E-state index contributed by atoms with van der Waals surface area (Å²) >= 11 is 6.19. The predicted octanol–water partition coefficient (Wildman–Crippen LogP) is 7.57. The minimum Gasteiger partial charge on any atom is -0.430 e. The minimum atomic E-state index is -4.63. The highest BCUT2D eigenvalue weighted by Gasteiger charge is 2.31. The highest BCUT2D eigenvalue weighted by molar-refractivity contribution is 6.29. The lowest BCUT2D eigenvalue weighted by Crippen LogP contribution is -2.23. The average Bonchev–Trinajstić information content (AvgIpc) is 2.93. The van der Waals surface area contributed by atoms with E-state index in [2.05, 4.69) is 27.3 Å². The van der Waals surface area contributed by atoms with E-state index in [1.54, 1.807) is 7.05 Å². The first-order valence-electron chi connectivity index (χ1n) is 12.0. The van der Waals surface area contributed by atoms with Gasteiger partial charge >= 0.3 is 12.3 Å². The standard InChI is InChI=1S/C20H23ClF3N3O3.C8H4F4O/c1-5-13(22)7-6-12(21)8-15(25-3)18-14(10-28)19(27-11-29)17(9-16(18)26-4)30-20(2,23)24;9-7-2-5(4-13)1-6(3-7)8(10,11)12/h5-7,9-11,15,25-26H,1,8H2,2-4H3,(H,27,29);1-4H/b12-6+,13-7+;. The lowest BCUT2D eigenvalue weighted by atomic mass is 9.94. The molecule has 0 saturated carbocycles. The Morgan fingerprint density at radius 2 is 1.70 bits per heavy atom. The molecule has 1 atom stereocenters. The summed E-state index contributed by atoms with van der Waals surface area (Å²) in [5, 5.41) is 8.29. The quantitative estimate of drug-likeness (QED) is 0.119. The van der Waals surface area contributed by atoms with Crippen LogP contribution in [0.3, 0.4) is 0 Å². The summed E-state index contributed by atoms with van der Waals surface area (Å²) in [5.74, 6) is -2.05. The maximum absolute atomic E-state index is 13.4. The molecule has 0 radical (unpaired) electrons. The highest BCUT2D eigenvalue weighted by atomic mass is 35.5. The van der Waals surface area contributed by atoms with Crippen molar-refractivity contribution in [2.24, 2.45) is 0 Å². The summed E-state index contributed by atoms with van der Waals surface area (Å²) in [4.78, 5) is 33.0. The molecule has 0 spiro atoms. The second-order valence-corrected chi connectivity index (χ2v) is 8.95. The van der Waals surface area contributed by atoms with Crippen LogP contribution in [-0.2, 0) is 11.0 Å². The molecule has 1 amide bonds. The molecule has 234 valence electrons.